The van der Waals surface area contributed by atoms with E-state index in [-0.39, 0.29) is 11.5 Å². The largest absolute Gasteiger partial charge is 0.321 e. The lowest BCUT2D eigenvalue weighted by atomic mass is 10.1. The first-order chi connectivity index (χ1) is 15.8. The highest BCUT2D eigenvalue weighted by Crippen LogP contribution is 2.32. The van der Waals surface area contributed by atoms with E-state index in [2.05, 4.69) is 31.3 Å². The quantitative estimate of drug-likeness (QED) is 0.336. The standard InChI is InChI=1S/C24H19BrN4O2S2/c1-12-6-4-9-17(13(12)2)26-21(30)20-14(3)19-22(33-20)27-24-29(23(19)31)28-18(11-32-24)15-7-5-8-16(25)10-15/h4-10H,11H2,1-3H3,(H,26,30). The maximum absolute atomic E-state index is 13.4. The number of fused-ring (bicyclic) bond motifs is 2. The van der Waals surface area contributed by atoms with Crippen LogP contribution in [-0.4, -0.2) is 27.0 Å². The molecule has 0 saturated carbocycles. The molecule has 1 aliphatic heterocycles. The van der Waals surface area contributed by atoms with Crippen LogP contribution in [0.1, 0.15) is 31.9 Å². The second-order valence-corrected chi connectivity index (χ2v) is 10.7. The van der Waals surface area contributed by atoms with Gasteiger partial charge in [-0.2, -0.15) is 9.78 Å². The van der Waals surface area contributed by atoms with Crippen LogP contribution in [0.15, 0.2) is 62.0 Å². The van der Waals surface area contributed by atoms with Crippen molar-refractivity contribution in [1.29, 1.82) is 0 Å². The van der Waals surface area contributed by atoms with Crippen molar-refractivity contribution in [2.24, 2.45) is 5.10 Å². The van der Waals surface area contributed by atoms with Gasteiger partial charge < -0.3 is 5.32 Å². The molecule has 0 saturated heterocycles. The van der Waals surface area contributed by atoms with E-state index in [9.17, 15) is 9.59 Å². The van der Waals surface area contributed by atoms with Gasteiger partial charge in [0.25, 0.3) is 11.5 Å². The fourth-order valence-electron chi connectivity index (χ4n) is 3.71. The molecule has 0 aliphatic carbocycles. The Balaban J connectivity index is 1.57. The first-order valence-corrected chi connectivity index (χ1v) is 12.8. The summed E-state index contributed by atoms with van der Waals surface area (Å²) in [7, 11) is 0. The molecule has 0 bridgehead atoms. The number of benzene rings is 2. The Bertz CT molecular complexity index is 1540. The molecular weight excluding hydrogens is 520 g/mol. The molecule has 33 heavy (non-hydrogen) atoms. The molecular formula is C24H19BrN4O2S2. The third-order valence-corrected chi connectivity index (χ3v) is 8.31. The maximum atomic E-state index is 13.4. The van der Waals surface area contributed by atoms with Crippen molar-refractivity contribution < 1.29 is 4.79 Å². The zero-order chi connectivity index (χ0) is 23.3. The zero-order valence-corrected chi connectivity index (χ0v) is 21.3. The Morgan fingerprint density at radius 3 is 2.70 bits per heavy atom. The molecule has 1 N–H and O–H groups in total. The lowest BCUT2D eigenvalue weighted by molar-refractivity contribution is 0.103. The number of aryl methyl sites for hydroxylation is 2. The molecule has 9 heteroatoms. The predicted molar refractivity (Wildman–Crippen MR) is 139 cm³/mol. The van der Waals surface area contributed by atoms with Crippen molar-refractivity contribution in [1.82, 2.24) is 9.66 Å². The van der Waals surface area contributed by atoms with Crippen LogP contribution in [0.4, 0.5) is 5.69 Å². The highest BCUT2D eigenvalue weighted by atomic mass is 79.9. The second kappa shape index (κ2) is 8.55. The number of rotatable bonds is 3. The van der Waals surface area contributed by atoms with Crippen LogP contribution in [0.3, 0.4) is 0 Å². The van der Waals surface area contributed by atoms with Crippen molar-refractivity contribution in [2.75, 3.05) is 11.1 Å². The number of nitrogens with one attached hydrogen (secondary N) is 1. The summed E-state index contributed by atoms with van der Waals surface area (Å²) >= 11 is 6.20. The summed E-state index contributed by atoms with van der Waals surface area (Å²) in [6.07, 6.45) is 0. The van der Waals surface area contributed by atoms with Crippen molar-refractivity contribution in [3.8, 4) is 0 Å². The first kappa shape index (κ1) is 22.1. The van der Waals surface area contributed by atoms with Gasteiger partial charge in [-0.1, -0.05) is 52.0 Å². The summed E-state index contributed by atoms with van der Waals surface area (Å²) in [5.74, 6) is 0.371. The normalized spacial score (nSPS) is 13.0. The third kappa shape index (κ3) is 3.94. The van der Waals surface area contributed by atoms with E-state index in [4.69, 9.17) is 0 Å². The molecule has 0 unspecified atom stereocenters. The summed E-state index contributed by atoms with van der Waals surface area (Å²) in [6.45, 7) is 5.77. The van der Waals surface area contributed by atoms with Crippen molar-refractivity contribution in [3.63, 3.8) is 0 Å². The van der Waals surface area contributed by atoms with Crippen molar-refractivity contribution in [2.45, 2.75) is 25.9 Å². The van der Waals surface area contributed by atoms with E-state index in [1.807, 2.05) is 56.3 Å². The number of nitrogens with zero attached hydrogens (tertiary/aromatic N) is 3. The minimum absolute atomic E-state index is 0.238. The zero-order valence-electron chi connectivity index (χ0n) is 18.1. The fourth-order valence-corrected chi connectivity index (χ4v) is 6.13. The van der Waals surface area contributed by atoms with Gasteiger partial charge in [-0.25, -0.2) is 4.98 Å². The van der Waals surface area contributed by atoms with Gasteiger partial charge in [0.2, 0.25) is 0 Å². The Morgan fingerprint density at radius 2 is 1.91 bits per heavy atom. The van der Waals surface area contributed by atoms with Gasteiger partial charge in [-0.15, -0.1) is 11.3 Å². The molecule has 0 spiro atoms. The van der Waals surface area contributed by atoms with E-state index in [0.717, 1.165) is 32.6 Å². The Morgan fingerprint density at radius 1 is 1.12 bits per heavy atom. The predicted octanol–water partition coefficient (Wildman–Crippen LogP) is 5.76. The fraction of sp³-hybridized carbons (Fsp3) is 0.167. The van der Waals surface area contributed by atoms with Crippen LogP contribution in [-0.2, 0) is 0 Å². The highest BCUT2D eigenvalue weighted by Gasteiger charge is 2.24. The molecule has 6 nitrogen and oxygen atoms in total. The summed E-state index contributed by atoms with van der Waals surface area (Å²) < 4.78 is 2.31. The smallest absolute Gasteiger partial charge is 0.283 e. The molecule has 2 aromatic heterocycles. The van der Waals surface area contributed by atoms with Gasteiger partial charge in [0.15, 0.2) is 5.16 Å². The van der Waals surface area contributed by atoms with E-state index < -0.39 is 0 Å². The number of hydrogen-bond donors (Lipinski definition) is 1. The lowest BCUT2D eigenvalue weighted by Crippen LogP contribution is -2.25. The molecule has 3 heterocycles. The van der Waals surface area contributed by atoms with Crippen molar-refractivity contribution in [3.05, 3.63) is 84.4 Å². The van der Waals surface area contributed by atoms with E-state index in [1.54, 1.807) is 6.92 Å². The number of halogens is 1. The molecule has 4 aromatic rings. The minimum atomic E-state index is -0.255. The monoisotopic (exact) mass is 538 g/mol. The summed E-state index contributed by atoms with van der Waals surface area (Å²) in [4.78, 5) is 32.2. The summed E-state index contributed by atoms with van der Waals surface area (Å²) in [5, 5.41) is 8.58. The van der Waals surface area contributed by atoms with E-state index in [0.29, 0.717) is 31.6 Å². The number of thioether (sulfide) groups is 1. The molecule has 0 fully saturated rings. The number of anilines is 1. The van der Waals surface area contributed by atoms with Crippen molar-refractivity contribution >= 4 is 66.6 Å². The number of carbonyl (C=O) groups is 1. The summed E-state index contributed by atoms with van der Waals surface area (Å²) in [6, 6.07) is 13.6. The van der Waals surface area contributed by atoms with Crippen LogP contribution in [0, 0.1) is 20.8 Å². The topological polar surface area (TPSA) is 76.3 Å². The van der Waals surface area contributed by atoms with Gasteiger partial charge >= 0.3 is 0 Å². The lowest BCUT2D eigenvalue weighted by Gasteiger charge is -2.15. The van der Waals surface area contributed by atoms with E-state index in [1.165, 1.54) is 27.8 Å². The van der Waals surface area contributed by atoms with Gasteiger partial charge in [-0.3, -0.25) is 9.59 Å². The molecule has 0 atom stereocenters. The van der Waals surface area contributed by atoms with Crippen LogP contribution < -0.4 is 10.9 Å². The number of amides is 1. The first-order valence-electron chi connectivity index (χ1n) is 10.2. The molecule has 166 valence electrons. The average molecular weight is 539 g/mol. The third-order valence-electron chi connectivity index (χ3n) is 5.69. The number of hydrogen-bond acceptors (Lipinski definition) is 6. The molecule has 0 radical (unpaired) electrons. The van der Waals surface area contributed by atoms with E-state index >= 15 is 0 Å². The molecule has 1 aliphatic rings. The van der Waals surface area contributed by atoms with Gasteiger partial charge in [0.1, 0.15) is 4.83 Å². The highest BCUT2D eigenvalue weighted by molar-refractivity contribution is 9.10. The Labute approximate surface area is 206 Å². The molecule has 2 aromatic carbocycles. The maximum Gasteiger partial charge on any atom is 0.283 e. The van der Waals surface area contributed by atoms with Crippen LogP contribution in [0.2, 0.25) is 0 Å². The number of thiophene rings is 1. The average Bonchev–Trinajstić information content (AvgIpc) is 3.13. The van der Waals surface area contributed by atoms with Crippen LogP contribution in [0.5, 0.6) is 0 Å². The van der Waals surface area contributed by atoms with Crippen LogP contribution >= 0.6 is 39.0 Å². The Hall–Kier alpha value is -2.75. The SMILES string of the molecule is Cc1cccc(NC(=O)c2sc3nc4n(c(=O)c3c2C)N=C(c2cccc(Br)c2)CS4)c1C. The minimum Gasteiger partial charge on any atom is -0.321 e. The van der Waals surface area contributed by atoms with Gasteiger partial charge in [-0.05, 0) is 61.2 Å². The van der Waals surface area contributed by atoms with Crippen LogP contribution in [0.25, 0.3) is 10.2 Å². The number of carbonyl (C=O) groups excluding carboxylic acids is 1. The number of aromatic nitrogens is 2. The summed E-state index contributed by atoms with van der Waals surface area (Å²) in [5.41, 5.74) is 5.01. The molecule has 5 rings (SSSR count). The second-order valence-electron chi connectivity index (χ2n) is 7.79. The van der Waals surface area contributed by atoms with Gasteiger partial charge in [0, 0.05) is 15.9 Å². The Kier molecular flexibility index (Phi) is 5.72. The van der Waals surface area contributed by atoms with Gasteiger partial charge in [0.05, 0.1) is 16.0 Å². The molecule has 1 amide bonds.